The molecule has 0 aliphatic rings. The minimum Gasteiger partial charge on any atom is -0.212 e. The van der Waals surface area contributed by atoms with E-state index >= 15 is 0 Å². The molecule has 0 N–H and O–H groups in total. The van der Waals surface area contributed by atoms with E-state index in [1.54, 1.807) is 0 Å². The fourth-order valence-electron chi connectivity index (χ4n) is 0.750. The molecule has 0 aromatic carbocycles. The van der Waals surface area contributed by atoms with Gasteiger partial charge in [0.1, 0.15) is 0 Å². The Balaban J connectivity index is 6.08. The molecule has 0 saturated carbocycles. The Hall–Kier alpha value is 0.820. The molecular formula is C6Cl5F9. The van der Waals surface area contributed by atoms with Crippen molar-refractivity contribution in [2.45, 2.75) is 32.1 Å². The highest BCUT2D eigenvalue weighted by Crippen LogP contribution is 2.63. The van der Waals surface area contributed by atoms with E-state index in [2.05, 4.69) is 58.0 Å². The molecule has 0 fully saturated rings. The van der Waals surface area contributed by atoms with Crippen LogP contribution in [0.3, 0.4) is 0 Å². The van der Waals surface area contributed by atoms with Crippen LogP contribution in [0.25, 0.3) is 0 Å². The zero-order valence-electron chi connectivity index (χ0n) is 8.29. The molecule has 0 radical (unpaired) electrons. The van der Waals surface area contributed by atoms with Gasteiger partial charge < -0.3 is 0 Å². The first-order valence-corrected chi connectivity index (χ1v) is 5.79. The van der Waals surface area contributed by atoms with Crippen LogP contribution in [0.4, 0.5) is 39.5 Å². The third-order valence-electron chi connectivity index (χ3n) is 1.90. The standard InChI is InChI=1S/C6Cl5F9/c7-1(12,3(15,16)5(8,9)19)2(13,14)4(17,18)6(10,11)20. The predicted octanol–water partition coefficient (Wildman–Crippen LogP) is 6.00. The summed E-state index contributed by atoms with van der Waals surface area (Å²) in [6, 6.07) is 0. The van der Waals surface area contributed by atoms with E-state index < -0.39 is 32.1 Å². The zero-order chi connectivity index (χ0) is 17.0. The Labute approximate surface area is 130 Å². The predicted molar refractivity (Wildman–Crippen MR) is 55.6 cm³/mol. The van der Waals surface area contributed by atoms with Crippen LogP contribution in [-0.4, -0.2) is 32.1 Å². The Kier molecular flexibility index (Phi) is 5.39. The van der Waals surface area contributed by atoms with Crippen molar-refractivity contribution in [2.24, 2.45) is 0 Å². The maximum atomic E-state index is 13.3. The smallest absolute Gasteiger partial charge is 0.212 e. The highest BCUT2D eigenvalue weighted by molar-refractivity contribution is 6.49. The molecule has 0 aromatic rings. The summed E-state index contributed by atoms with van der Waals surface area (Å²) in [6.45, 7) is 0. The first-order valence-electron chi connectivity index (χ1n) is 3.90. The van der Waals surface area contributed by atoms with Gasteiger partial charge in [0.15, 0.2) is 0 Å². The molecule has 1 unspecified atom stereocenters. The van der Waals surface area contributed by atoms with Crippen LogP contribution in [0.15, 0.2) is 0 Å². The van der Waals surface area contributed by atoms with Crippen LogP contribution in [0.2, 0.25) is 0 Å². The van der Waals surface area contributed by atoms with Gasteiger partial charge in [0.25, 0.3) is 0 Å². The molecule has 0 amide bonds. The summed E-state index contributed by atoms with van der Waals surface area (Å²) in [5, 5.41) is -6.27. The van der Waals surface area contributed by atoms with Gasteiger partial charge in [-0.25, -0.2) is 13.2 Å². The van der Waals surface area contributed by atoms with Crippen molar-refractivity contribution in [3.05, 3.63) is 0 Å². The van der Waals surface area contributed by atoms with Gasteiger partial charge in [0, 0.05) is 0 Å². The SMILES string of the molecule is FC(Cl)(Cl)C(F)(F)C(F)(F)C(F)(Cl)C(F)(F)C(F)(Cl)Cl. The summed E-state index contributed by atoms with van der Waals surface area (Å²) < 4.78 is 106. The monoisotopic (exact) mass is 418 g/mol. The third kappa shape index (κ3) is 2.85. The molecule has 14 heteroatoms. The number of halogens is 14. The lowest BCUT2D eigenvalue weighted by molar-refractivity contribution is -0.313. The van der Waals surface area contributed by atoms with Crippen molar-refractivity contribution < 1.29 is 39.5 Å². The Morgan fingerprint density at radius 1 is 0.400 bits per heavy atom. The molecule has 1 atom stereocenters. The molecule has 0 aliphatic carbocycles. The molecule has 0 aromatic heterocycles. The maximum absolute atomic E-state index is 13.3. The van der Waals surface area contributed by atoms with Crippen molar-refractivity contribution in [3.63, 3.8) is 0 Å². The number of hydrogen-bond donors (Lipinski definition) is 0. The van der Waals surface area contributed by atoms with Crippen LogP contribution in [0.1, 0.15) is 0 Å². The Morgan fingerprint density at radius 3 is 0.850 bits per heavy atom. The fraction of sp³-hybridized carbons (Fsp3) is 1.00. The van der Waals surface area contributed by atoms with Crippen molar-refractivity contribution in [1.82, 2.24) is 0 Å². The normalized spacial score (nSPS) is 18.9. The lowest BCUT2D eigenvalue weighted by Crippen LogP contribution is -2.68. The highest BCUT2D eigenvalue weighted by atomic mass is 35.5. The zero-order valence-corrected chi connectivity index (χ0v) is 12.1. The van der Waals surface area contributed by atoms with E-state index in [-0.39, 0.29) is 0 Å². The van der Waals surface area contributed by atoms with Crippen LogP contribution in [0.5, 0.6) is 0 Å². The molecule has 0 aliphatic heterocycles. The van der Waals surface area contributed by atoms with E-state index in [0.29, 0.717) is 0 Å². The largest absolute Gasteiger partial charge is 0.376 e. The molecule has 0 spiro atoms. The van der Waals surface area contributed by atoms with Gasteiger partial charge in [-0.2, -0.15) is 26.3 Å². The molecule has 122 valence electrons. The summed E-state index contributed by atoms with van der Waals surface area (Å²) in [7, 11) is 0. The van der Waals surface area contributed by atoms with Gasteiger partial charge in [-0.1, -0.05) is 58.0 Å². The second-order valence-corrected chi connectivity index (χ2v) is 6.28. The second kappa shape index (κ2) is 5.18. The summed E-state index contributed by atoms with van der Waals surface area (Å²) in [4.78, 5) is 0. The van der Waals surface area contributed by atoms with E-state index in [1.807, 2.05) is 0 Å². The van der Waals surface area contributed by atoms with Gasteiger partial charge in [-0.3, -0.25) is 0 Å². The first-order chi connectivity index (χ1) is 8.25. The number of rotatable bonds is 5. The van der Waals surface area contributed by atoms with Crippen LogP contribution in [0, 0.1) is 0 Å². The summed E-state index contributed by atoms with van der Waals surface area (Å²) >= 11 is 20.1. The van der Waals surface area contributed by atoms with Crippen LogP contribution < -0.4 is 0 Å². The summed E-state index contributed by atoms with van der Waals surface area (Å²) in [5.41, 5.74) is 0. The van der Waals surface area contributed by atoms with Crippen molar-refractivity contribution in [1.29, 1.82) is 0 Å². The number of hydrogen-bond acceptors (Lipinski definition) is 0. The molecule has 0 nitrogen and oxygen atoms in total. The number of alkyl halides is 14. The van der Waals surface area contributed by atoms with E-state index in [1.165, 1.54) is 0 Å². The Bertz CT molecular complexity index is 332. The fourth-order valence-corrected chi connectivity index (χ4v) is 1.59. The molecule has 0 bridgehead atoms. The molecule has 20 heavy (non-hydrogen) atoms. The Morgan fingerprint density at radius 2 is 0.650 bits per heavy atom. The lowest BCUT2D eigenvalue weighted by Gasteiger charge is -2.40. The topological polar surface area (TPSA) is 0 Å². The van der Waals surface area contributed by atoms with E-state index in [4.69, 9.17) is 0 Å². The van der Waals surface area contributed by atoms with Gasteiger partial charge >= 0.3 is 32.1 Å². The summed E-state index contributed by atoms with van der Waals surface area (Å²) in [5.74, 6) is -19.6. The lowest BCUT2D eigenvalue weighted by atomic mass is 10.0. The molecule has 0 saturated heterocycles. The van der Waals surface area contributed by atoms with Gasteiger partial charge in [0.05, 0.1) is 0 Å². The van der Waals surface area contributed by atoms with Gasteiger partial charge in [0.2, 0.25) is 0 Å². The molecule has 0 heterocycles. The second-order valence-electron chi connectivity index (χ2n) is 3.29. The highest BCUT2D eigenvalue weighted by Gasteiger charge is 2.87. The molecular weight excluding hydrogens is 420 g/mol. The quantitative estimate of drug-likeness (QED) is 0.378. The average molecular weight is 420 g/mol. The van der Waals surface area contributed by atoms with E-state index in [9.17, 15) is 39.5 Å². The van der Waals surface area contributed by atoms with Crippen LogP contribution >= 0.6 is 58.0 Å². The van der Waals surface area contributed by atoms with Gasteiger partial charge in [-0.15, -0.1) is 0 Å². The minimum absolute atomic E-state index is 3.96. The van der Waals surface area contributed by atoms with Gasteiger partial charge in [-0.05, 0) is 0 Å². The average Bonchev–Trinajstić information content (AvgIpc) is 2.12. The first kappa shape index (κ1) is 20.8. The van der Waals surface area contributed by atoms with E-state index in [0.717, 1.165) is 0 Å². The third-order valence-corrected chi connectivity index (χ3v) is 3.32. The van der Waals surface area contributed by atoms with Crippen molar-refractivity contribution in [2.75, 3.05) is 0 Å². The van der Waals surface area contributed by atoms with Crippen molar-refractivity contribution >= 4 is 58.0 Å². The summed E-state index contributed by atoms with van der Waals surface area (Å²) in [6.07, 6.45) is 0. The molecule has 0 rings (SSSR count). The minimum atomic E-state index is -6.82. The van der Waals surface area contributed by atoms with Crippen molar-refractivity contribution in [3.8, 4) is 0 Å². The van der Waals surface area contributed by atoms with Crippen LogP contribution in [-0.2, 0) is 0 Å². The maximum Gasteiger partial charge on any atom is 0.376 e.